The summed E-state index contributed by atoms with van der Waals surface area (Å²) in [5.41, 5.74) is 1.81. The van der Waals surface area contributed by atoms with Crippen LogP contribution < -0.4 is 0 Å². The van der Waals surface area contributed by atoms with E-state index in [-0.39, 0.29) is 5.91 Å². The number of carboxylic acids is 1. The largest absolute Gasteiger partial charge is 0.480 e. The van der Waals surface area contributed by atoms with Crippen molar-refractivity contribution in [3.05, 3.63) is 35.4 Å². The molecule has 5 nitrogen and oxygen atoms in total. The van der Waals surface area contributed by atoms with Gasteiger partial charge in [-0.3, -0.25) is 4.79 Å². The van der Waals surface area contributed by atoms with Gasteiger partial charge < -0.3 is 14.7 Å². The van der Waals surface area contributed by atoms with E-state index in [9.17, 15) is 14.7 Å². The number of amides is 1. The van der Waals surface area contributed by atoms with Crippen LogP contribution in [0, 0.1) is 0 Å². The van der Waals surface area contributed by atoms with E-state index in [1.165, 1.54) is 10.5 Å². The van der Waals surface area contributed by atoms with E-state index in [0.29, 0.717) is 24.4 Å². The Labute approximate surface area is 129 Å². The highest BCUT2D eigenvalue weighted by molar-refractivity contribution is 5.97. The molecule has 1 N–H and O–H groups in total. The summed E-state index contributed by atoms with van der Waals surface area (Å²) < 4.78 is 5.37. The third-order valence-electron chi connectivity index (χ3n) is 4.65. The number of carboxylic acid groups (broad SMARTS) is 1. The Hall–Kier alpha value is -1.88. The minimum atomic E-state index is -0.912. The van der Waals surface area contributed by atoms with Crippen molar-refractivity contribution in [2.75, 3.05) is 19.8 Å². The molecule has 1 aromatic carbocycles. The van der Waals surface area contributed by atoms with Gasteiger partial charge in [0.15, 0.2) is 0 Å². The average molecular weight is 303 g/mol. The molecule has 1 aromatic rings. The standard InChI is InChI=1S/C17H21NO4/c19-16(18-9-1-2-15(18)17(20)21)14-5-3-12(4-6-14)13-7-10-22-11-8-13/h3-6,13,15H,1-2,7-11H2,(H,20,21). The summed E-state index contributed by atoms with van der Waals surface area (Å²) >= 11 is 0. The van der Waals surface area contributed by atoms with Crippen LogP contribution in [0.2, 0.25) is 0 Å². The first-order valence-electron chi connectivity index (χ1n) is 7.88. The molecule has 2 aliphatic rings. The molecule has 5 heteroatoms. The Morgan fingerprint density at radius 3 is 2.41 bits per heavy atom. The lowest BCUT2D eigenvalue weighted by Crippen LogP contribution is -2.40. The first-order chi connectivity index (χ1) is 10.7. The van der Waals surface area contributed by atoms with E-state index in [2.05, 4.69) is 0 Å². The van der Waals surface area contributed by atoms with Gasteiger partial charge in [-0.2, -0.15) is 0 Å². The van der Waals surface area contributed by atoms with Crippen LogP contribution in [0.4, 0.5) is 0 Å². The number of aliphatic carboxylic acids is 1. The number of carbonyl (C=O) groups is 2. The van der Waals surface area contributed by atoms with Gasteiger partial charge >= 0.3 is 5.97 Å². The molecule has 118 valence electrons. The highest BCUT2D eigenvalue weighted by atomic mass is 16.5. The second kappa shape index (κ2) is 6.48. The Bertz CT molecular complexity index is 548. The number of nitrogens with zero attached hydrogens (tertiary/aromatic N) is 1. The van der Waals surface area contributed by atoms with Gasteiger partial charge in [0.25, 0.3) is 5.91 Å². The molecule has 2 fully saturated rings. The first-order valence-corrected chi connectivity index (χ1v) is 7.88. The second-order valence-corrected chi connectivity index (χ2v) is 6.00. The summed E-state index contributed by atoms with van der Waals surface area (Å²) in [6.07, 6.45) is 3.32. The Balaban J connectivity index is 1.72. The molecule has 2 aliphatic heterocycles. The molecule has 1 unspecified atom stereocenters. The van der Waals surface area contributed by atoms with Gasteiger partial charge in [-0.25, -0.2) is 4.79 Å². The summed E-state index contributed by atoms with van der Waals surface area (Å²) in [4.78, 5) is 25.2. The van der Waals surface area contributed by atoms with Crippen LogP contribution in [-0.2, 0) is 9.53 Å². The predicted octanol–water partition coefficient (Wildman–Crippen LogP) is 2.27. The molecule has 1 atom stereocenters. The van der Waals surface area contributed by atoms with Crippen LogP contribution in [-0.4, -0.2) is 47.7 Å². The minimum Gasteiger partial charge on any atom is -0.480 e. The number of hydrogen-bond acceptors (Lipinski definition) is 3. The number of hydrogen-bond donors (Lipinski definition) is 1. The van der Waals surface area contributed by atoms with Crippen LogP contribution in [0.3, 0.4) is 0 Å². The SMILES string of the molecule is O=C(O)C1CCCN1C(=O)c1ccc(C2CCOCC2)cc1. The molecule has 2 heterocycles. The lowest BCUT2D eigenvalue weighted by atomic mass is 9.91. The van der Waals surface area contributed by atoms with Crippen molar-refractivity contribution in [3.8, 4) is 0 Å². The molecule has 0 saturated carbocycles. The highest BCUT2D eigenvalue weighted by Crippen LogP contribution is 2.27. The normalized spacial score (nSPS) is 22.7. The fourth-order valence-corrected chi connectivity index (χ4v) is 3.36. The molecule has 0 spiro atoms. The van der Waals surface area contributed by atoms with Gasteiger partial charge in [0.05, 0.1) is 0 Å². The van der Waals surface area contributed by atoms with E-state index in [1.54, 1.807) is 0 Å². The number of benzene rings is 1. The minimum absolute atomic E-state index is 0.177. The fourth-order valence-electron chi connectivity index (χ4n) is 3.36. The molecular formula is C17H21NO4. The van der Waals surface area contributed by atoms with Crippen molar-refractivity contribution < 1.29 is 19.4 Å². The zero-order chi connectivity index (χ0) is 15.5. The van der Waals surface area contributed by atoms with E-state index in [1.807, 2.05) is 24.3 Å². The summed E-state index contributed by atoms with van der Waals surface area (Å²) in [7, 11) is 0. The van der Waals surface area contributed by atoms with Crippen LogP contribution in [0.15, 0.2) is 24.3 Å². The van der Waals surface area contributed by atoms with Gasteiger partial charge in [0, 0.05) is 25.3 Å². The predicted molar refractivity (Wildman–Crippen MR) is 80.9 cm³/mol. The summed E-state index contributed by atoms with van der Waals surface area (Å²) in [6.45, 7) is 2.11. The second-order valence-electron chi connectivity index (χ2n) is 6.00. The van der Waals surface area contributed by atoms with E-state index in [0.717, 1.165) is 32.5 Å². The fraction of sp³-hybridized carbons (Fsp3) is 0.529. The van der Waals surface area contributed by atoms with Gasteiger partial charge in [0.2, 0.25) is 0 Å². The third kappa shape index (κ3) is 2.99. The van der Waals surface area contributed by atoms with Gasteiger partial charge in [-0.1, -0.05) is 12.1 Å². The molecule has 22 heavy (non-hydrogen) atoms. The maximum Gasteiger partial charge on any atom is 0.326 e. The highest BCUT2D eigenvalue weighted by Gasteiger charge is 2.34. The third-order valence-corrected chi connectivity index (χ3v) is 4.65. The average Bonchev–Trinajstić information content (AvgIpc) is 3.05. The molecule has 0 radical (unpaired) electrons. The maximum atomic E-state index is 12.5. The van der Waals surface area contributed by atoms with Crippen molar-refractivity contribution >= 4 is 11.9 Å². The molecule has 0 bridgehead atoms. The Kier molecular flexibility index (Phi) is 4.43. The zero-order valence-electron chi connectivity index (χ0n) is 12.5. The van der Waals surface area contributed by atoms with Gasteiger partial charge in [-0.05, 0) is 49.3 Å². The van der Waals surface area contributed by atoms with Crippen molar-refractivity contribution in [1.29, 1.82) is 0 Å². The van der Waals surface area contributed by atoms with Crippen molar-refractivity contribution in [2.45, 2.75) is 37.6 Å². The number of ether oxygens (including phenoxy) is 1. The molecule has 0 aliphatic carbocycles. The van der Waals surface area contributed by atoms with Crippen LogP contribution >= 0.6 is 0 Å². The van der Waals surface area contributed by atoms with Crippen molar-refractivity contribution in [1.82, 2.24) is 4.90 Å². The molecule has 2 saturated heterocycles. The van der Waals surface area contributed by atoms with E-state index >= 15 is 0 Å². The summed E-state index contributed by atoms with van der Waals surface area (Å²) in [6, 6.07) is 6.96. The molecule has 1 amide bonds. The van der Waals surface area contributed by atoms with Gasteiger partial charge in [0.1, 0.15) is 6.04 Å². The zero-order valence-corrected chi connectivity index (χ0v) is 12.5. The number of rotatable bonds is 3. The topological polar surface area (TPSA) is 66.8 Å². The number of carbonyl (C=O) groups excluding carboxylic acids is 1. The van der Waals surface area contributed by atoms with Crippen LogP contribution in [0.5, 0.6) is 0 Å². The van der Waals surface area contributed by atoms with Gasteiger partial charge in [-0.15, -0.1) is 0 Å². The first kappa shape index (κ1) is 15.0. The smallest absolute Gasteiger partial charge is 0.326 e. The molecular weight excluding hydrogens is 282 g/mol. The summed E-state index contributed by atoms with van der Waals surface area (Å²) in [5.74, 6) is -0.593. The Morgan fingerprint density at radius 1 is 1.09 bits per heavy atom. The van der Waals surface area contributed by atoms with E-state index in [4.69, 9.17) is 4.74 Å². The lowest BCUT2D eigenvalue weighted by Gasteiger charge is -2.23. The Morgan fingerprint density at radius 2 is 1.77 bits per heavy atom. The molecule has 3 rings (SSSR count). The summed E-state index contributed by atoms with van der Waals surface area (Å²) in [5, 5.41) is 9.19. The van der Waals surface area contributed by atoms with Crippen molar-refractivity contribution in [3.63, 3.8) is 0 Å². The lowest BCUT2D eigenvalue weighted by molar-refractivity contribution is -0.141. The van der Waals surface area contributed by atoms with Crippen LogP contribution in [0.1, 0.15) is 47.5 Å². The van der Waals surface area contributed by atoms with Crippen molar-refractivity contribution in [2.24, 2.45) is 0 Å². The monoisotopic (exact) mass is 303 g/mol. The maximum absolute atomic E-state index is 12.5. The quantitative estimate of drug-likeness (QED) is 0.930. The molecule has 0 aromatic heterocycles. The van der Waals surface area contributed by atoms with Crippen LogP contribution in [0.25, 0.3) is 0 Å². The number of likely N-dealkylation sites (tertiary alicyclic amines) is 1. The van der Waals surface area contributed by atoms with E-state index < -0.39 is 12.0 Å².